The van der Waals surface area contributed by atoms with Gasteiger partial charge in [0.1, 0.15) is 0 Å². The van der Waals surface area contributed by atoms with Crippen molar-refractivity contribution in [2.75, 3.05) is 0 Å². The van der Waals surface area contributed by atoms with Crippen LogP contribution in [0.25, 0.3) is 0 Å². The van der Waals surface area contributed by atoms with Gasteiger partial charge in [0.25, 0.3) is 0 Å². The van der Waals surface area contributed by atoms with Crippen LogP contribution in [0.4, 0.5) is 0 Å². The second-order valence-electron chi connectivity index (χ2n) is 9.64. The van der Waals surface area contributed by atoms with Crippen molar-refractivity contribution in [2.24, 2.45) is 0 Å². The summed E-state index contributed by atoms with van der Waals surface area (Å²) in [5, 5.41) is 0. The summed E-state index contributed by atoms with van der Waals surface area (Å²) in [5.41, 5.74) is 2.14. The third-order valence-electron chi connectivity index (χ3n) is 7.60. The van der Waals surface area contributed by atoms with E-state index < -0.39 is 5.41 Å². The van der Waals surface area contributed by atoms with Crippen molar-refractivity contribution in [2.45, 2.75) is 24.7 Å². The molecule has 2 fully saturated rings. The molecule has 6 rings (SSSR count). The zero-order valence-corrected chi connectivity index (χ0v) is 25.8. The normalized spacial score (nSPS) is 20.2. The van der Waals surface area contributed by atoms with E-state index in [0.717, 1.165) is 19.3 Å². The fourth-order valence-electron chi connectivity index (χ4n) is 6.06. The van der Waals surface area contributed by atoms with Gasteiger partial charge in [0, 0.05) is 35.0 Å². The average Bonchev–Trinajstić information content (AvgIpc) is 3.55. The van der Waals surface area contributed by atoms with Crippen LogP contribution < -0.4 is 24.8 Å². The molecule has 10 radical (unpaired) electrons. The minimum Gasteiger partial charge on any atom is -1.00 e. The summed E-state index contributed by atoms with van der Waals surface area (Å²) in [7, 11) is 0. The van der Waals surface area contributed by atoms with Gasteiger partial charge in [0.05, 0.1) is 0 Å². The SMILES string of the molecule is C=CCCC[C]1[CH][CH][C](C([C]2[C]3C=CC=C[C]3[C]3C=CC=C[C]32)(c2ccccc2)c2ccccc2)[CH]1.[Cl-].[Cl-].[Zr+4]. The number of hydrogen-bond acceptors (Lipinski definition) is 0. The topological polar surface area (TPSA) is 0 Å². The van der Waals surface area contributed by atoms with Gasteiger partial charge in [-0.05, 0) is 61.5 Å². The molecule has 0 N–H and O–H groups in total. The molecule has 0 saturated heterocycles. The molecule has 0 bridgehead atoms. The molecular weight excluding hydrogens is 595 g/mol. The molecule has 0 aliphatic heterocycles. The molecule has 2 aromatic rings. The predicted molar refractivity (Wildman–Crippen MR) is 150 cm³/mol. The third-order valence-corrected chi connectivity index (χ3v) is 7.60. The van der Waals surface area contributed by atoms with E-state index in [4.69, 9.17) is 0 Å². The Morgan fingerprint density at radius 3 is 1.62 bits per heavy atom. The minimum absolute atomic E-state index is 0. The van der Waals surface area contributed by atoms with E-state index in [0.29, 0.717) is 0 Å². The van der Waals surface area contributed by atoms with Crippen LogP contribution in [0.15, 0.2) is 122 Å². The van der Waals surface area contributed by atoms with Gasteiger partial charge in [-0.3, -0.25) is 0 Å². The Bertz CT molecular complexity index is 1090. The number of unbranched alkanes of at least 4 members (excludes halogenated alkanes) is 1. The maximum Gasteiger partial charge on any atom is 4.00 e. The molecule has 2 aromatic carbocycles. The zero-order valence-electron chi connectivity index (χ0n) is 21.8. The van der Waals surface area contributed by atoms with Crippen molar-refractivity contribution >= 4 is 0 Å². The van der Waals surface area contributed by atoms with E-state index in [1.54, 1.807) is 0 Å². The standard InChI is InChI=1S/C36H30.2ClH.Zr/c1-2-3-6-15-27-24-25-30(26-27)36(28-16-7-4-8-17-28,29-18-9-5-10-19-29)35-33-22-13-11-20-31(33)32-21-12-14-23-34(32)35;;;/h2,4-5,7-14,16-26H,1,3,6,15H2;2*1H;/q;;;+4/p-2. The second-order valence-corrected chi connectivity index (χ2v) is 9.64. The molecule has 0 heterocycles. The van der Waals surface area contributed by atoms with Crippen molar-refractivity contribution in [3.8, 4) is 0 Å². The van der Waals surface area contributed by atoms with Gasteiger partial charge in [0.15, 0.2) is 0 Å². The van der Waals surface area contributed by atoms with Crippen LogP contribution >= 0.6 is 0 Å². The Labute approximate surface area is 267 Å². The molecule has 4 aliphatic rings. The molecule has 3 heteroatoms. The van der Waals surface area contributed by atoms with Crippen LogP contribution in [0.5, 0.6) is 0 Å². The molecule has 0 unspecified atom stereocenters. The van der Waals surface area contributed by atoms with Crippen LogP contribution in [0.1, 0.15) is 30.4 Å². The van der Waals surface area contributed by atoms with Gasteiger partial charge in [-0.2, -0.15) is 0 Å². The van der Waals surface area contributed by atoms with Gasteiger partial charge < -0.3 is 24.8 Å². The van der Waals surface area contributed by atoms with E-state index >= 15 is 0 Å². The van der Waals surface area contributed by atoms with Gasteiger partial charge in [0.2, 0.25) is 0 Å². The Morgan fingerprint density at radius 2 is 1.13 bits per heavy atom. The fourth-order valence-corrected chi connectivity index (χ4v) is 6.06. The van der Waals surface area contributed by atoms with Crippen molar-refractivity contribution in [3.63, 3.8) is 0 Å². The molecule has 39 heavy (non-hydrogen) atoms. The molecule has 0 spiro atoms. The molecule has 0 aromatic heterocycles. The first-order chi connectivity index (χ1) is 17.8. The summed E-state index contributed by atoms with van der Waals surface area (Å²) in [4.78, 5) is 0. The molecule has 0 amide bonds. The molecule has 0 atom stereocenters. The Hall–Kier alpha value is -1.40. The third kappa shape index (κ3) is 5.84. The summed E-state index contributed by atoms with van der Waals surface area (Å²) >= 11 is 0. The zero-order chi connectivity index (χ0) is 24.4. The quantitative estimate of drug-likeness (QED) is 0.313. The van der Waals surface area contributed by atoms with Gasteiger partial charge in [-0.15, -0.1) is 6.58 Å². The number of fused-ring (bicyclic) bond motifs is 3. The van der Waals surface area contributed by atoms with Crippen molar-refractivity contribution in [1.29, 1.82) is 0 Å². The molecule has 4 aliphatic carbocycles. The van der Waals surface area contributed by atoms with Gasteiger partial charge >= 0.3 is 26.2 Å². The van der Waals surface area contributed by atoms with E-state index in [1.165, 1.54) is 52.6 Å². The first-order valence-electron chi connectivity index (χ1n) is 12.9. The summed E-state index contributed by atoms with van der Waals surface area (Å²) in [5.74, 6) is 9.36. The largest absolute Gasteiger partial charge is 4.00 e. The number of rotatable bonds is 8. The number of allylic oxidation sites excluding steroid dienone is 9. The maximum atomic E-state index is 3.91. The van der Waals surface area contributed by atoms with Gasteiger partial charge in [-0.25, -0.2) is 0 Å². The van der Waals surface area contributed by atoms with Gasteiger partial charge in [-0.1, -0.05) is 115 Å². The number of hydrogen-bond donors (Lipinski definition) is 0. The average molecular weight is 625 g/mol. The molecule has 2 saturated carbocycles. The number of benzene rings is 2. The van der Waals surface area contributed by atoms with Crippen LogP contribution in [-0.2, 0) is 31.6 Å². The molecular formula is C36H30Cl2Zr+2. The first-order valence-corrected chi connectivity index (χ1v) is 12.9. The Kier molecular flexibility index (Phi) is 11.9. The first kappa shape index (κ1) is 32.1. The fraction of sp³-hybridized carbons (Fsp3) is 0.111. The summed E-state index contributed by atoms with van der Waals surface area (Å²) in [6, 6.07) is 22.1. The van der Waals surface area contributed by atoms with Crippen LogP contribution in [0.2, 0.25) is 0 Å². The molecule has 0 nitrogen and oxygen atoms in total. The van der Waals surface area contributed by atoms with Crippen LogP contribution in [-0.4, -0.2) is 0 Å². The summed E-state index contributed by atoms with van der Waals surface area (Å²) in [6.45, 7) is 3.91. The van der Waals surface area contributed by atoms with Crippen molar-refractivity contribution in [1.82, 2.24) is 0 Å². The predicted octanol–water partition coefficient (Wildman–Crippen LogP) is 2.25. The Morgan fingerprint density at radius 1 is 0.641 bits per heavy atom. The monoisotopic (exact) mass is 622 g/mol. The second kappa shape index (κ2) is 14.5. The van der Waals surface area contributed by atoms with E-state index in [9.17, 15) is 0 Å². The molecule has 190 valence electrons. The summed E-state index contributed by atoms with van der Waals surface area (Å²) < 4.78 is 0. The smallest absolute Gasteiger partial charge is 1.00 e. The van der Waals surface area contributed by atoms with E-state index in [2.05, 4.69) is 135 Å². The number of halogens is 2. The van der Waals surface area contributed by atoms with Crippen molar-refractivity contribution in [3.05, 3.63) is 194 Å². The van der Waals surface area contributed by atoms with Crippen LogP contribution in [0, 0.1) is 60.7 Å². The Balaban J connectivity index is 0.00000140. The minimum atomic E-state index is -0.443. The maximum absolute atomic E-state index is 3.91. The summed E-state index contributed by atoms with van der Waals surface area (Å²) in [6.07, 6.45) is 30.2. The van der Waals surface area contributed by atoms with Crippen molar-refractivity contribution < 1.29 is 51.0 Å². The van der Waals surface area contributed by atoms with E-state index in [-0.39, 0.29) is 51.0 Å². The van der Waals surface area contributed by atoms with Crippen LogP contribution in [0.3, 0.4) is 0 Å². The van der Waals surface area contributed by atoms with E-state index in [1.807, 2.05) is 6.08 Å².